The van der Waals surface area contributed by atoms with Gasteiger partial charge in [0, 0.05) is 13.6 Å². The van der Waals surface area contributed by atoms with Gasteiger partial charge >= 0.3 is 11.7 Å². The molecular weight excluding hydrogens is 399 g/mol. The number of hydrogen-bond donors (Lipinski definition) is 1. The van der Waals surface area contributed by atoms with E-state index in [9.17, 15) is 27.2 Å². The number of benzene rings is 1. The van der Waals surface area contributed by atoms with Crippen LogP contribution in [0.5, 0.6) is 0 Å². The van der Waals surface area contributed by atoms with Crippen LogP contribution >= 0.6 is 11.3 Å². The van der Waals surface area contributed by atoms with Gasteiger partial charge in [-0.25, -0.2) is 22.4 Å². The van der Waals surface area contributed by atoms with Crippen molar-refractivity contribution < 1.29 is 22.7 Å². The quantitative estimate of drug-likeness (QED) is 0.627. The van der Waals surface area contributed by atoms with E-state index < -0.39 is 45.2 Å². The summed E-state index contributed by atoms with van der Waals surface area (Å²) >= 11 is 0.787. The molecule has 0 bridgehead atoms. The van der Waals surface area contributed by atoms with E-state index in [1.54, 1.807) is 0 Å². The first-order chi connectivity index (χ1) is 12.6. The van der Waals surface area contributed by atoms with E-state index in [1.807, 2.05) is 0 Å². The van der Waals surface area contributed by atoms with E-state index in [-0.39, 0.29) is 20.0 Å². The first kappa shape index (κ1) is 19.0. The van der Waals surface area contributed by atoms with Gasteiger partial charge in [-0.2, -0.15) is 0 Å². The maximum Gasteiger partial charge on any atom is 0.345 e. The van der Waals surface area contributed by atoms with Crippen LogP contribution in [0.2, 0.25) is 0 Å². The molecular formula is C16H13FN2O6S2. The Labute approximate surface area is 155 Å². The number of rotatable bonds is 5. The summed E-state index contributed by atoms with van der Waals surface area (Å²) < 4.78 is 39.5. The van der Waals surface area contributed by atoms with E-state index in [2.05, 4.69) is 0 Å². The maximum absolute atomic E-state index is 13.0. The van der Waals surface area contributed by atoms with Gasteiger partial charge in [0.2, 0.25) is 0 Å². The van der Waals surface area contributed by atoms with Crippen LogP contribution in [0, 0.1) is 5.82 Å². The maximum atomic E-state index is 13.0. The van der Waals surface area contributed by atoms with Gasteiger partial charge in [0.1, 0.15) is 15.5 Å². The second-order valence-electron chi connectivity index (χ2n) is 5.71. The summed E-state index contributed by atoms with van der Waals surface area (Å²) in [4.78, 5) is 36.1. The van der Waals surface area contributed by atoms with Crippen molar-refractivity contribution in [3.05, 3.63) is 61.9 Å². The summed E-state index contributed by atoms with van der Waals surface area (Å²) in [6, 6.07) is 5.38. The zero-order valence-electron chi connectivity index (χ0n) is 13.9. The van der Waals surface area contributed by atoms with E-state index in [0.717, 1.165) is 50.8 Å². The lowest BCUT2D eigenvalue weighted by atomic mass is 10.3. The number of carboxylic acid groups (broad SMARTS) is 1. The van der Waals surface area contributed by atoms with Gasteiger partial charge in [0.25, 0.3) is 5.56 Å². The minimum absolute atomic E-state index is 0.0266. The predicted molar refractivity (Wildman–Crippen MR) is 96.7 cm³/mol. The third-order valence-electron chi connectivity index (χ3n) is 3.98. The van der Waals surface area contributed by atoms with Gasteiger partial charge in [-0.3, -0.25) is 13.9 Å². The molecule has 0 amide bonds. The van der Waals surface area contributed by atoms with Crippen molar-refractivity contribution in [2.45, 2.75) is 11.4 Å². The van der Waals surface area contributed by atoms with Gasteiger partial charge in [-0.1, -0.05) is 0 Å². The highest BCUT2D eigenvalue weighted by Crippen LogP contribution is 2.21. The number of sulfone groups is 1. The molecule has 3 rings (SSSR count). The number of aromatic nitrogens is 2. The Hall–Kier alpha value is -2.79. The van der Waals surface area contributed by atoms with E-state index >= 15 is 0 Å². The standard InChI is InChI=1S/C16H13FN2O6S2/c1-18-14-11(8-12(26-14)15(21)22)13(20)19(16(18)23)6-7-27(24,25)10-4-2-9(17)3-5-10/h2-5,8H,6-7H2,1H3,(H,21,22). The number of hydrogen-bond acceptors (Lipinski definition) is 6. The molecule has 0 radical (unpaired) electrons. The molecule has 8 nitrogen and oxygen atoms in total. The van der Waals surface area contributed by atoms with Gasteiger partial charge in [0.05, 0.1) is 16.0 Å². The lowest BCUT2D eigenvalue weighted by molar-refractivity contribution is 0.0702. The van der Waals surface area contributed by atoms with Crippen molar-refractivity contribution >= 4 is 37.4 Å². The van der Waals surface area contributed by atoms with Crippen molar-refractivity contribution in [3.8, 4) is 0 Å². The van der Waals surface area contributed by atoms with Gasteiger partial charge in [0.15, 0.2) is 9.84 Å². The number of thiophene rings is 1. The molecule has 27 heavy (non-hydrogen) atoms. The molecule has 0 fully saturated rings. The summed E-state index contributed by atoms with van der Waals surface area (Å²) in [5, 5.41) is 9.10. The minimum Gasteiger partial charge on any atom is -0.477 e. The summed E-state index contributed by atoms with van der Waals surface area (Å²) in [6.45, 7) is -0.417. The molecule has 0 aliphatic carbocycles. The number of halogens is 1. The monoisotopic (exact) mass is 412 g/mol. The minimum atomic E-state index is -3.85. The van der Waals surface area contributed by atoms with Crippen molar-refractivity contribution in [2.24, 2.45) is 7.05 Å². The average Bonchev–Trinajstić information content (AvgIpc) is 3.06. The highest BCUT2D eigenvalue weighted by atomic mass is 32.2. The second-order valence-corrected chi connectivity index (χ2v) is 8.85. The Bertz CT molecular complexity index is 1270. The van der Waals surface area contributed by atoms with E-state index in [0.29, 0.717) is 0 Å². The number of aromatic carboxylic acids is 1. The van der Waals surface area contributed by atoms with Gasteiger partial charge < -0.3 is 5.11 Å². The number of fused-ring (bicyclic) bond motifs is 1. The largest absolute Gasteiger partial charge is 0.477 e. The summed E-state index contributed by atoms with van der Waals surface area (Å²) in [6.07, 6.45) is 0. The molecule has 0 saturated heterocycles. The van der Waals surface area contributed by atoms with Crippen molar-refractivity contribution in [2.75, 3.05) is 5.75 Å². The molecule has 2 heterocycles. The molecule has 0 unspecified atom stereocenters. The number of carboxylic acids is 1. The first-order valence-corrected chi connectivity index (χ1v) is 10.0. The molecule has 0 saturated carbocycles. The van der Waals surface area contributed by atoms with Crippen LogP contribution in [0.4, 0.5) is 4.39 Å². The molecule has 0 aliphatic rings. The first-order valence-electron chi connectivity index (χ1n) is 7.57. The topological polar surface area (TPSA) is 115 Å². The Balaban J connectivity index is 2.02. The SMILES string of the molecule is Cn1c(=O)n(CCS(=O)(=O)c2ccc(F)cc2)c(=O)c2cc(C(=O)O)sc21. The fraction of sp³-hybridized carbons (Fsp3) is 0.188. The van der Waals surface area contributed by atoms with Crippen LogP contribution < -0.4 is 11.2 Å². The molecule has 11 heteroatoms. The molecule has 2 aromatic heterocycles. The molecule has 0 atom stereocenters. The fourth-order valence-corrected chi connectivity index (χ4v) is 4.71. The van der Waals surface area contributed by atoms with Crippen molar-refractivity contribution in [1.82, 2.24) is 9.13 Å². The second kappa shape index (κ2) is 6.74. The summed E-state index contributed by atoms with van der Waals surface area (Å²) in [5.41, 5.74) is -1.51. The van der Waals surface area contributed by atoms with Crippen molar-refractivity contribution in [1.29, 1.82) is 0 Å². The zero-order chi connectivity index (χ0) is 19.9. The summed E-state index contributed by atoms with van der Waals surface area (Å²) in [7, 11) is -2.48. The van der Waals surface area contributed by atoms with Crippen LogP contribution in [-0.2, 0) is 23.4 Å². The number of carbonyl (C=O) groups is 1. The predicted octanol–water partition coefficient (Wildman–Crippen LogP) is 1.07. The highest BCUT2D eigenvalue weighted by molar-refractivity contribution is 7.91. The molecule has 1 N–H and O–H groups in total. The molecule has 3 aromatic rings. The third kappa shape index (κ3) is 3.43. The molecule has 0 aliphatic heterocycles. The normalized spacial score (nSPS) is 11.8. The van der Waals surface area contributed by atoms with Crippen LogP contribution in [0.3, 0.4) is 0 Å². The Morgan fingerprint density at radius 3 is 2.44 bits per heavy atom. The van der Waals surface area contributed by atoms with Crippen LogP contribution in [-0.4, -0.2) is 34.4 Å². The van der Waals surface area contributed by atoms with Gasteiger partial charge in [-0.05, 0) is 30.3 Å². The average molecular weight is 412 g/mol. The van der Waals surface area contributed by atoms with E-state index in [1.165, 1.54) is 7.05 Å². The van der Waals surface area contributed by atoms with Crippen LogP contribution in [0.25, 0.3) is 10.2 Å². The molecule has 142 valence electrons. The van der Waals surface area contributed by atoms with Crippen molar-refractivity contribution in [3.63, 3.8) is 0 Å². The number of nitrogens with zero attached hydrogens (tertiary/aromatic N) is 2. The highest BCUT2D eigenvalue weighted by Gasteiger charge is 2.20. The Morgan fingerprint density at radius 2 is 1.85 bits per heavy atom. The third-order valence-corrected chi connectivity index (χ3v) is 6.89. The molecule has 1 aromatic carbocycles. The number of aryl methyl sites for hydroxylation is 1. The van der Waals surface area contributed by atoms with E-state index in [4.69, 9.17) is 5.11 Å². The lowest BCUT2D eigenvalue weighted by Gasteiger charge is -2.09. The molecule has 0 spiro atoms. The van der Waals surface area contributed by atoms with Crippen LogP contribution in [0.15, 0.2) is 44.8 Å². The zero-order valence-corrected chi connectivity index (χ0v) is 15.5. The van der Waals surface area contributed by atoms with Gasteiger partial charge in [-0.15, -0.1) is 11.3 Å². The van der Waals surface area contributed by atoms with Crippen LogP contribution in [0.1, 0.15) is 9.67 Å². The smallest absolute Gasteiger partial charge is 0.345 e. The Kier molecular flexibility index (Phi) is 4.74. The lowest BCUT2D eigenvalue weighted by Crippen LogP contribution is -2.40. The fourth-order valence-electron chi connectivity index (χ4n) is 2.56. The Morgan fingerprint density at radius 1 is 1.22 bits per heavy atom. The summed E-state index contributed by atoms with van der Waals surface area (Å²) in [5.74, 6) is -2.36.